The number of aromatic nitrogens is 5. The normalized spacial score (nSPS) is 11.5. The number of nitrogens with zero attached hydrogens (tertiary/aromatic N) is 5. The van der Waals surface area contributed by atoms with Crippen molar-refractivity contribution in [1.82, 2.24) is 28.6 Å². The van der Waals surface area contributed by atoms with Crippen LogP contribution in [0.2, 0.25) is 5.15 Å². The molecule has 3 heterocycles. The Labute approximate surface area is 153 Å². The van der Waals surface area contributed by atoms with E-state index in [1.54, 1.807) is 30.8 Å². The minimum absolute atomic E-state index is 0.112. The first kappa shape index (κ1) is 17.9. The predicted octanol–water partition coefficient (Wildman–Crippen LogP) is 0.944. The van der Waals surface area contributed by atoms with E-state index in [-0.39, 0.29) is 22.0 Å². The lowest BCUT2D eigenvalue weighted by molar-refractivity contribution is 0.256. The fourth-order valence-corrected chi connectivity index (χ4v) is 3.77. The van der Waals surface area contributed by atoms with Crippen molar-refractivity contribution < 1.29 is 17.9 Å². The van der Waals surface area contributed by atoms with Crippen LogP contribution < -0.4 is 14.8 Å². The first-order valence-corrected chi connectivity index (χ1v) is 8.99. The number of sulfonamides is 1. The summed E-state index contributed by atoms with van der Waals surface area (Å²) >= 11 is 5.93. The largest absolute Gasteiger partial charge is 0.481 e. The highest BCUT2D eigenvalue weighted by Gasteiger charge is 2.27. The molecule has 3 aromatic heterocycles. The number of hydrogen-bond donors (Lipinski definition) is 2. The molecule has 0 unspecified atom stereocenters. The van der Waals surface area contributed by atoms with Gasteiger partial charge in [0.05, 0.1) is 7.11 Å². The summed E-state index contributed by atoms with van der Waals surface area (Å²) in [6.07, 6.45) is 3.07. The Kier molecular flexibility index (Phi) is 4.46. The number of ether oxygens (including phenoxy) is 1. The molecular formula is C13H14ClN7O4S. The van der Waals surface area contributed by atoms with Gasteiger partial charge in [0.25, 0.3) is 10.0 Å². The van der Waals surface area contributed by atoms with Gasteiger partial charge in [-0.05, 0) is 6.92 Å². The van der Waals surface area contributed by atoms with Gasteiger partial charge in [-0.2, -0.15) is 18.4 Å². The molecule has 0 spiro atoms. The summed E-state index contributed by atoms with van der Waals surface area (Å²) in [5.74, 6) is 0.418. The average Bonchev–Trinajstić information content (AvgIpc) is 3.04. The average molecular weight is 400 g/mol. The van der Waals surface area contributed by atoms with Crippen LogP contribution >= 0.6 is 11.6 Å². The Morgan fingerprint density at radius 1 is 1.27 bits per heavy atom. The molecule has 0 saturated carbocycles. The zero-order chi connectivity index (χ0) is 19.1. The molecule has 0 fully saturated rings. The van der Waals surface area contributed by atoms with E-state index in [2.05, 4.69) is 20.3 Å². The van der Waals surface area contributed by atoms with Gasteiger partial charge in [-0.15, -0.1) is 0 Å². The maximum atomic E-state index is 12.5. The molecule has 138 valence electrons. The fraction of sp³-hybridized carbons (Fsp3) is 0.231. The van der Waals surface area contributed by atoms with Crippen LogP contribution in [0, 0.1) is 6.92 Å². The van der Waals surface area contributed by atoms with Crippen LogP contribution in [-0.4, -0.2) is 45.5 Å². The Bertz CT molecular complexity index is 1110. The van der Waals surface area contributed by atoms with Gasteiger partial charge in [-0.25, -0.2) is 14.5 Å². The third-order valence-corrected chi connectivity index (χ3v) is 5.04. The lowest BCUT2D eigenvalue weighted by Crippen LogP contribution is -2.35. The molecule has 3 rings (SSSR count). The van der Waals surface area contributed by atoms with E-state index >= 15 is 0 Å². The number of anilines is 1. The monoisotopic (exact) mass is 399 g/mol. The molecule has 0 radical (unpaired) electrons. The summed E-state index contributed by atoms with van der Waals surface area (Å²) in [5.41, 5.74) is 0.528. The first-order valence-electron chi connectivity index (χ1n) is 7.13. The second kappa shape index (κ2) is 6.46. The topological polar surface area (TPSA) is 133 Å². The summed E-state index contributed by atoms with van der Waals surface area (Å²) in [6, 6.07) is 0.498. The van der Waals surface area contributed by atoms with Crippen LogP contribution in [0.1, 0.15) is 5.69 Å². The minimum atomic E-state index is -4.30. The number of imidazole rings is 2. The number of methoxy groups -OCH3 is 1. The number of rotatable bonds is 4. The molecular weight excluding hydrogens is 386 g/mol. The van der Waals surface area contributed by atoms with Crippen molar-refractivity contribution in [3.8, 4) is 5.88 Å². The van der Waals surface area contributed by atoms with Crippen LogP contribution in [0.15, 0.2) is 23.5 Å². The summed E-state index contributed by atoms with van der Waals surface area (Å²) < 4.78 is 34.7. The fourth-order valence-electron chi connectivity index (χ4n) is 2.23. The SMILES string of the molecule is COc1cc(C)nc(NC(=O)NS(=O)(=O)c2c(Cl)nc3n(C)ccn23)n1. The van der Waals surface area contributed by atoms with Crippen molar-refractivity contribution >= 4 is 39.4 Å². The number of nitrogens with one attached hydrogen (secondary N) is 2. The minimum Gasteiger partial charge on any atom is -0.481 e. The van der Waals surface area contributed by atoms with Crippen molar-refractivity contribution in [3.63, 3.8) is 0 Å². The third-order valence-electron chi connectivity index (χ3n) is 3.31. The maximum Gasteiger partial charge on any atom is 0.335 e. The predicted molar refractivity (Wildman–Crippen MR) is 91.8 cm³/mol. The van der Waals surface area contributed by atoms with E-state index in [4.69, 9.17) is 16.3 Å². The van der Waals surface area contributed by atoms with Gasteiger partial charge < -0.3 is 9.30 Å². The number of halogens is 1. The molecule has 0 aliphatic rings. The van der Waals surface area contributed by atoms with E-state index < -0.39 is 16.1 Å². The number of amides is 2. The van der Waals surface area contributed by atoms with Crippen LogP contribution in [0.3, 0.4) is 0 Å². The van der Waals surface area contributed by atoms with Crippen molar-refractivity contribution in [2.24, 2.45) is 7.05 Å². The van der Waals surface area contributed by atoms with Crippen LogP contribution in [0.4, 0.5) is 10.7 Å². The molecule has 0 aromatic carbocycles. The van der Waals surface area contributed by atoms with Crippen LogP contribution in [0.5, 0.6) is 5.88 Å². The molecule has 2 amide bonds. The summed E-state index contributed by atoms with van der Waals surface area (Å²) in [4.78, 5) is 23.9. The summed E-state index contributed by atoms with van der Waals surface area (Å²) in [5, 5.41) is 1.63. The van der Waals surface area contributed by atoms with Crippen molar-refractivity contribution in [2.45, 2.75) is 11.9 Å². The third kappa shape index (κ3) is 3.28. The van der Waals surface area contributed by atoms with Gasteiger partial charge >= 0.3 is 6.03 Å². The Morgan fingerprint density at radius 2 is 2.00 bits per heavy atom. The quantitative estimate of drug-likeness (QED) is 0.667. The van der Waals surface area contributed by atoms with Gasteiger partial charge in [-0.3, -0.25) is 9.72 Å². The Hall–Kier alpha value is -2.86. The number of aryl methyl sites for hydroxylation is 2. The van der Waals surface area contributed by atoms with Gasteiger partial charge in [0.1, 0.15) is 0 Å². The maximum absolute atomic E-state index is 12.5. The Morgan fingerprint density at radius 3 is 2.69 bits per heavy atom. The van der Waals surface area contributed by atoms with Crippen LogP contribution in [0.25, 0.3) is 5.78 Å². The molecule has 3 aromatic rings. The van der Waals surface area contributed by atoms with Crippen molar-refractivity contribution in [3.05, 3.63) is 29.3 Å². The smallest absolute Gasteiger partial charge is 0.335 e. The molecule has 0 atom stereocenters. The lowest BCUT2D eigenvalue weighted by atomic mass is 10.4. The first-order chi connectivity index (χ1) is 12.2. The highest BCUT2D eigenvalue weighted by Crippen LogP contribution is 2.22. The highest BCUT2D eigenvalue weighted by atomic mass is 35.5. The Balaban J connectivity index is 1.86. The lowest BCUT2D eigenvalue weighted by Gasteiger charge is -2.08. The molecule has 2 N–H and O–H groups in total. The number of hydrogen-bond acceptors (Lipinski definition) is 7. The van der Waals surface area contributed by atoms with E-state index in [0.29, 0.717) is 11.5 Å². The van der Waals surface area contributed by atoms with Gasteiger partial charge in [0.2, 0.25) is 22.6 Å². The van der Waals surface area contributed by atoms with E-state index in [0.717, 1.165) is 0 Å². The molecule has 0 aliphatic heterocycles. The number of carbonyl (C=O) groups excluding carboxylic acids is 1. The van der Waals surface area contributed by atoms with Gasteiger partial charge in [-0.1, -0.05) is 11.6 Å². The molecule has 11 nitrogen and oxygen atoms in total. The molecule has 0 bridgehead atoms. The second-order valence-corrected chi connectivity index (χ2v) is 7.18. The zero-order valence-electron chi connectivity index (χ0n) is 13.9. The van der Waals surface area contributed by atoms with Gasteiger partial charge in [0.15, 0.2) is 5.15 Å². The van der Waals surface area contributed by atoms with E-state index in [1.807, 2.05) is 4.72 Å². The second-order valence-electron chi connectivity index (χ2n) is 5.22. The van der Waals surface area contributed by atoms with E-state index in [1.165, 1.54) is 17.7 Å². The number of carbonyl (C=O) groups is 1. The van der Waals surface area contributed by atoms with Crippen molar-refractivity contribution in [1.29, 1.82) is 0 Å². The number of fused-ring (bicyclic) bond motifs is 1. The number of urea groups is 1. The molecule has 0 aliphatic carbocycles. The highest BCUT2D eigenvalue weighted by molar-refractivity contribution is 7.90. The summed E-state index contributed by atoms with van der Waals surface area (Å²) in [7, 11) is -1.22. The molecule has 13 heteroatoms. The molecule has 0 saturated heterocycles. The van der Waals surface area contributed by atoms with E-state index in [9.17, 15) is 13.2 Å². The molecule has 26 heavy (non-hydrogen) atoms. The van der Waals surface area contributed by atoms with Crippen molar-refractivity contribution in [2.75, 3.05) is 12.4 Å². The van der Waals surface area contributed by atoms with Crippen LogP contribution in [-0.2, 0) is 17.1 Å². The van der Waals surface area contributed by atoms with Gasteiger partial charge in [0, 0.05) is 31.2 Å². The zero-order valence-corrected chi connectivity index (χ0v) is 15.5. The summed E-state index contributed by atoms with van der Waals surface area (Å²) in [6.45, 7) is 1.67. The standard InChI is InChI=1S/C13H14ClN7O4S/c1-7-6-8(25-3)16-11(15-7)18-12(22)19-26(23,24)10-9(14)17-13-20(2)4-5-21(10)13/h4-6H,1-3H3,(H2,15,16,18,19,22).